The maximum atomic E-state index is 10.8. The number of rotatable bonds is 10. The summed E-state index contributed by atoms with van der Waals surface area (Å²) in [5.74, 6) is 1.59. The van der Waals surface area contributed by atoms with Crippen molar-refractivity contribution in [2.75, 3.05) is 23.3 Å². The number of benzene rings is 1. The van der Waals surface area contributed by atoms with Crippen LogP contribution in [0.1, 0.15) is 32.3 Å². The minimum Gasteiger partial charge on any atom is -0.356 e. The van der Waals surface area contributed by atoms with Crippen LogP contribution in [0.5, 0.6) is 0 Å². The van der Waals surface area contributed by atoms with Crippen molar-refractivity contribution < 1.29 is 9.84 Å². The van der Waals surface area contributed by atoms with Crippen LogP contribution in [0.25, 0.3) is 0 Å². The molecule has 0 radical (unpaired) electrons. The first-order valence-corrected chi connectivity index (χ1v) is 10.2. The minimum atomic E-state index is -0.939. The van der Waals surface area contributed by atoms with Crippen LogP contribution in [0.15, 0.2) is 55.5 Å². The summed E-state index contributed by atoms with van der Waals surface area (Å²) in [6, 6.07) is 12.2. The first kappa shape index (κ1) is 21.2. The summed E-state index contributed by atoms with van der Waals surface area (Å²) in [7, 11) is 0. The molecule has 0 aliphatic carbocycles. The van der Waals surface area contributed by atoms with Crippen molar-refractivity contribution in [1.82, 2.24) is 14.9 Å². The van der Waals surface area contributed by atoms with E-state index in [1.54, 1.807) is 12.5 Å². The zero-order valence-corrected chi connectivity index (χ0v) is 17.2. The molecule has 1 saturated heterocycles. The van der Waals surface area contributed by atoms with Crippen molar-refractivity contribution in [3.05, 3.63) is 61.1 Å². The van der Waals surface area contributed by atoms with Gasteiger partial charge in [0.2, 0.25) is 6.41 Å². The standard InChI is InChI=1S/C22H31N5O2/c1-4-12-27(22(28)29-15-18-9-7-6-8-10-18)19-11-13-26(17(19)3)21-14-20(23-5-2)24-16-25-21/h5-10,14,16-17,19,22,28H,2,4,11-13,15H2,1,3H3,(H,23,24,25). The number of nitrogens with one attached hydrogen (secondary N) is 1. The zero-order valence-electron chi connectivity index (χ0n) is 17.2. The van der Waals surface area contributed by atoms with Crippen LogP contribution >= 0.6 is 0 Å². The summed E-state index contributed by atoms with van der Waals surface area (Å²) in [6.45, 7) is 9.99. The van der Waals surface area contributed by atoms with Crippen LogP contribution in [-0.2, 0) is 11.3 Å². The predicted octanol–water partition coefficient (Wildman–Crippen LogP) is 3.20. The van der Waals surface area contributed by atoms with E-state index in [1.807, 2.05) is 36.4 Å². The lowest BCUT2D eigenvalue weighted by molar-refractivity contribution is -0.212. The van der Waals surface area contributed by atoms with E-state index in [9.17, 15) is 5.11 Å². The van der Waals surface area contributed by atoms with Gasteiger partial charge in [0, 0.05) is 31.2 Å². The molecule has 1 aromatic carbocycles. The second-order valence-electron chi connectivity index (χ2n) is 7.26. The second-order valence-corrected chi connectivity index (χ2v) is 7.26. The molecule has 3 rings (SSSR count). The van der Waals surface area contributed by atoms with Crippen molar-refractivity contribution in [3.8, 4) is 0 Å². The van der Waals surface area contributed by atoms with Crippen molar-refractivity contribution >= 4 is 11.6 Å². The van der Waals surface area contributed by atoms with Crippen LogP contribution in [0, 0.1) is 0 Å². The molecule has 2 aromatic rings. The molecular weight excluding hydrogens is 366 g/mol. The van der Waals surface area contributed by atoms with Gasteiger partial charge in [0.15, 0.2) is 0 Å². The Balaban J connectivity index is 1.67. The average Bonchev–Trinajstić information content (AvgIpc) is 3.12. The molecule has 156 valence electrons. The summed E-state index contributed by atoms with van der Waals surface area (Å²) in [6.07, 6.45) is 4.09. The van der Waals surface area contributed by atoms with Crippen LogP contribution in [0.3, 0.4) is 0 Å². The van der Waals surface area contributed by atoms with Crippen molar-refractivity contribution in [1.29, 1.82) is 0 Å². The number of nitrogens with zero attached hydrogens (tertiary/aromatic N) is 4. The molecule has 2 N–H and O–H groups in total. The molecule has 1 aromatic heterocycles. The molecule has 3 atom stereocenters. The Bertz CT molecular complexity index is 773. The summed E-state index contributed by atoms with van der Waals surface area (Å²) in [4.78, 5) is 13.0. The quantitative estimate of drug-likeness (QED) is 0.596. The highest BCUT2D eigenvalue weighted by molar-refractivity contribution is 5.51. The molecule has 0 amide bonds. The smallest absolute Gasteiger partial charge is 0.216 e. The van der Waals surface area contributed by atoms with Gasteiger partial charge in [0.25, 0.3) is 0 Å². The SMILES string of the molecule is C=CNc1cc(N2CCC(N(CCC)C(O)OCc3ccccc3)C2C)ncn1. The van der Waals surface area contributed by atoms with Crippen molar-refractivity contribution in [2.45, 2.75) is 51.8 Å². The van der Waals surface area contributed by atoms with E-state index in [1.165, 1.54) is 0 Å². The summed E-state index contributed by atoms with van der Waals surface area (Å²) >= 11 is 0. The molecule has 29 heavy (non-hydrogen) atoms. The van der Waals surface area contributed by atoms with Gasteiger partial charge in [0.1, 0.15) is 18.0 Å². The highest BCUT2D eigenvalue weighted by atomic mass is 16.6. The number of anilines is 2. The molecular formula is C22H31N5O2. The normalized spacial score (nSPS) is 20.1. The molecule has 3 unspecified atom stereocenters. The first-order chi connectivity index (χ1) is 14.1. The van der Waals surface area contributed by atoms with Gasteiger partial charge in [-0.25, -0.2) is 9.97 Å². The third kappa shape index (κ3) is 5.32. The van der Waals surface area contributed by atoms with Crippen LogP contribution < -0.4 is 10.2 Å². The van der Waals surface area contributed by atoms with E-state index >= 15 is 0 Å². The van der Waals surface area contributed by atoms with Gasteiger partial charge in [-0.05, 0) is 31.5 Å². The Morgan fingerprint density at radius 2 is 2.17 bits per heavy atom. The molecule has 7 heteroatoms. The maximum Gasteiger partial charge on any atom is 0.216 e. The molecule has 0 saturated carbocycles. The predicted molar refractivity (Wildman–Crippen MR) is 115 cm³/mol. The van der Waals surface area contributed by atoms with Crippen LogP contribution in [0.2, 0.25) is 0 Å². The molecule has 1 aliphatic heterocycles. The fourth-order valence-corrected chi connectivity index (χ4v) is 3.92. The molecule has 1 fully saturated rings. The van der Waals surface area contributed by atoms with E-state index < -0.39 is 6.41 Å². The Kier molecular flexibility index (Phi) is 7.57. The van der Waals surface area contributed by atoms with E-state index in [2.05, 4.69) is 45.5 Å². The summed E-state index contributed by atoms with van der Waals surface area (Å²) < 4.78 is 5.81. The number of aliphatic hydroxyl groups is 1. The number of hydrogen-bond acceptors (Lipinski definition) is 7. The van der Waals surface area contributed by atoms with Crippen molar-refractivity contribution in [3.63, 3.8) is 0 Å². The Hall–Kier alpha value is -2.48. The Morgan fingerprint density at radius 3 is 2.90 bits per heavy atom. The molecule has 0 spiro atoms. The largest absolute Gasteiger partial charge is 0.356 e. The summed E-state index contributed by atoms with van der Waals surface area (Å²) in [5, 5.41) is 13.8. The molecule has 1 aliphatic rings. The lowest BCUT2D eigenvalue weighted by atomic mass is 10.1. The monoisotopic (exact) mass is 397 g/mol. The van der Waals surface area contributed by atoms with E-state index in [0.717, 1.165) is 43.1 Å². The highest BCUT2D eigenvalue weighted by Gasteiger charge is 2.38. The van der Waals surface area contributed by atoms with Gasteiger partial charge in [0.05, 0.1) is 6.61 Å². The second kappa shape index (κ2) is 10.3. The van der Waals surface area contributed by atoms with E-state index in [-0.39, 0.29) is 12.1 Å². The van der Waals surface area contributed by atoms with Gasteiger partial charge >= 0.3 is 0 Å². The van der Waals surface area contributed by atoms with Gasteiger partial charge < -0.3 is 20.1 Å². The third-order valence-corrected chi connectivity index (χ3v) is 5.34. The maximum absolute atomic E-state index is 10.8. The third-order valence-electron chi connectivity index (χ3n) is 5.34. The highest BCUT2D eigenvalue weighted by Crippen LogP contribution is 2.29. The van der Waals surface area contributed by atoms with Gasteiger partial charge in [-0.1, -0.05) is 43.8 Å². The van der Waals surface area contributed by atoms with E-state index in [0.29, 0.717) is 6.61 Å². The van der Waals surface area contributed by atoms with Crippen LogP contribution in [0.4, 0.5) is 11.6 Å². The molecule has 2 heterocycles. The molecule has 7 nitrogen and oxygen atoms in total. The minimum absolute atomic E-state index is 0.173. The fraction of sp³-hybridized carbons (Fsp3) is 0.455. The topological polar surface area (TPSA) is 73.8 Å². The van der Waals surface area contributed by atoms with Gasteiger partial charge in [-0.15, -0.1) is 0 Å². The van der Waals surface area contributed by atoms with Crippen molar-refractivity contribution in [2.24, 2.45) is 0 Å². The molecule has 0 bridgehead atoms. The van der Waals surface area contributed by atoms with Crippen LogP contribution in [-0.4, -0.2) is 51.6 Å². The summed E-state index contributed by atoms with van der Waals surface area (Å²) in [5.41, 5.74) is 1.05. The first-order valence-electron chi connectivity index (χ1n) is 10.2. The number of hydrogen-bond donors (Lipinski definition) is 2. The van der Waals surface area contributed by atoms with E-state index in [4.69, 9.17) is 4.74 Å². The zero-order chi connectivity index (χ0) is 20.6. The lowest BCUT2D eigenvalue weighted by Gasteiger charge is -2.36. The van der Waals surface area contributed by atoms with Gasteiger partial charge in [-0.2, -0.15) is 0 Å². The van der Waals surface area contributed by atoms with Gasteiger partial charge in [-0.3, -0.25) is 4.90 Å². The average molecular weight is 398 g/mol. The number of ether oxygens (including phenoxy) is 1. The number of aromatic nitrogens is 2. The Labute approximate surface area is 173 Å². The Morgan fingerprint density at radius 1 is 1.38 bits per heavy atom. The number of aliphatic hydroxyl groups excluding tert-OH is 1. The fourth-order valence-electron chi connectivity index (χ4n) is 3.92. The lowest BCUT2D eigenvalue weighted by Crippen LogP contribution is -2.50.